The first kappa shape index (κ1) is 21.2. The second-order valence-electron chi connectivity index (χ2n) is 7.26. The summed E-state index contributed by atoms with van der Waals surface area (Å²) in [4.78, 5) is 38.6. The van der Waals surface area contributed by atoms with Gasteiger partial charge in [-0.1, -0.05) is 18.2 Å². The Bertz CT molecular complexity index is 1030. The smallest absolute Gasteiger partial charge is 0.270 e. The van der Waals surface area contributed by atoms with E-state index in [4.69, 9.17) is 0 Å². The number of carbonyl (C=O) groups excluding carboxylic acids is 3. The zero-order valence-electron chi connectivity index (χ0n) is 17.1. The van der Waals surface area contributed by atoms with Crippen LogP contribution in [-0.2, 0) is 14.4 Å². The second-order valence-corrected chi connectivity index (χ2v) is 7.26. The number of nitrogens with one attached hydrogen (secondary N) is 1. The van der Waals surface area contributed by atoms with Crippen LogP contribution in [0.5, 0.6) is 0 Å². The third-order valence-corrected chi connectivity index (χ3v) is 4.71. The van der Waals surface area contributed by atoms with Crippen molar-refractivity contribution in [2.45, 2.75) is 26.7 Å². The zero-order chi connectivity index (χ0) is 21.8. The monoisotopic (exact) mass is 410 g/mol. The van der Waals surface area contributed by atoms with Crippen molar-refractivity contribution in [2.24, 2.45) is 5.10 Å². The number of hydrogen-bond acceptors (Lipinski definition) is 4. The van der Waals surface area contributed by atoms with Gasteiger partial charge in [0.05, 0.1) is 12.2 Å². The lowest BCUT2D eigenvalue weighted by Crippen LogP contribution is -2.42. The summed E-state index contributed by atoms with van der Waals surface area (Å²) in [5.74, 6) is -1.56. The van der Waals surface area contributed by atoms with Gasteiger partial charge in [0.1, 0.15) is 11.5 Å². The van der Waals surface area contributed by atoms with Gasteiger partial charge in [-0.05, 0) is 49.2 Å². The number of rotatable bonds is 5. The molecule has 156 valence electrons. The summed E-state index contributed by atoms with van der Waals surface area (Å²) >= 11 is 0. The van der Waals surface area contributed by atoms with E-state index in [0.29, 0.717) is 11.4 Å². The molecule has 3 amide bonds. The lowest BCUT2D eigenvalue weighted by Gasteiger charge is -2.26. The average molecular weight is 410 g/mol. The highest BCUT2D eigenvalue weighted by atomic mass is 19.1. The van der Waals surface area contributed by atoms with Crippen LogP contribution >= 0.6 is 0 Å². The summed E-state index contributed by atoms with van der Waals surface area (Å²) in [6.45, 7) is 3.56. The number of amides is 3. The number of nitrogens with zero attached hydrogens (tertiary/aromatic N) is 3. The van der Waals surface area contributed by atoms with E-state index in [2.05, 4.69) is 10.4 Å². The Morgan fingerprint density at radius 1 is 1.17 bits per heavy atom. The predicted molar refractivity (Wildman–Crippen MR) is 113 cm³/mol. The Morgan fingerprint density at radius 3 is 2.67 bits per heavy atom. The fraction of sp³-hybridized carbons (Fsp3) is 0.273. The normalized spacial score (nSPS) is 13.7. The van der Waals surface area contributed by atoms with Crippen molar-refractivity contribution in [2.75, 3.05) is 23.9 Å². The highest BCUT2D eigenvalue weighted by Gasteiger charge is 2.28. The molecule has 7 nitrogen and oxygen atoms in total. The number of hydrazone groups is 1. The Balaban J connectivity index is 1.72. The quantitative estimate of drug-likeness (QED) is 0.823. The fourth-order valence-electron chi connectivity index (χ4n) is 3.12. The van der Waals surface area contributed by atoms with E-state index in [1.165, 1.54) is 35.2 Å². The van der Waals surface area contributed by atoms with Gasteiger partial charge in [0, 0.05) is 25.6 Å². The lowest BCUT2D eigenvalue weighted by molar-refractivity contribution is -0.128. The number of likely N-dealkylation sites (N-methyl/N-ethyl adjacent to an activating group) is 1. The predicted octanol–water partition coefficient (Wildman–Crippen LogP) is 3.02. The minimum absolute atomic E-state index is 0.154. The van der Waals surface area contributed by atoms with E-state index in [9.17, 15) is 18.8 Å². The molecule has 30 heavy (non-hydrogen) atoms. The molecule has 0 spiro atoms. The summed E-state index contributed by atoms with van der Waals surface area (Å²) in [5.41, 5.74) is 2.99. The standard InChI is InChI=1S/C22H23FN4O3/c1-14-7-8-15(2)19(11-14)27-21(29)10-9-18(25-27)22(30)26(3)13-20(28)24-17-6-4-5-16(23)12-17/h4-8,11-12H,9-10,13H2,1-3H3,(H,24,28). The number of hydrogen-bond donors (Lipinski definition) is 1. The number of anilines is 2. The van der Waals surface area contributed by atoms with Crippen LogP contribution in [0.3, 0.4) is 0 Å². The third kappa shape index (κ3) is 4.89. The van der Waals surface area contributed by atoms with Crippen molar-refractivity contribution in [3.8, 4) is 0 Å². The number of aryl methyl sites for hydroxylation is 2. The Morgan fingerprint density at radius 2 is 1.93 bits per heavy atom. The first-order valence-corrected chi connectivity index (χ1v) is 9.53. The Labute approximate surface area is 174 Å². The van der Waals surface area contributed by atoms with Crippen LogP contribution in [0.1, 0.15) is 24.0 Å². The van der Waals surface area contributed by atoms with Crippen molar-refractivity contribution in [3.05, 3.63) is 59.4 Å². The van der Waals surface area contributed by atoms with E-state index in [1.54, 1.807) is 6.07 Å². The van der Waals surface area contributed by atoms with Gasteiger partial charge in [-0.15, -0.1) is 0 Å². The molecule has 0 fully saturated rings. The molecule has 1 heterocycles. The molecule has 0 aromatic heterocycles. The molecule has 0 radical (unpaired) electrons. The van der Waals surface area contributed by atoms with Crippen molar-refractivity contribution in [1.82, 2.24) is 4.90 Å². The molecule has 1 aliphatic heterocycles. The maximum atomic E-state index is 13.2. The highest BCUT2D eigenvalue weighted by molar-refractivity contribution is 6.40. The van der Waals surface area contributed by atoms with Crippen LogP contribution in [0.4, 0.5) is 15.8 Å². The minimum atomic E-state index is -0.468. The van der Waals surface area contributed by atoms with Gasteiger partial charge in [-0.3, -0.25) is 14.4 Å². The van der Waals surface area contributed by atoms with E-state index in [-0.39, 0.29) is 31.0 Å². The van der Waals surface area contributed by atoms with Crippen LogP contribution in [-0.4, -0.2) is 41.9 Å². The summed E-state index contributed by atoms with van der Waals surface area (Å²) in [6, 6.07) is 11.2. The van der Waals surface area contributed by atoms with Gasteiger partial charge in [0.15, 0.2) is 0 Å². The number of halogens is 1. The molecule has 2 aromatic rings. The molecule has 2 aromatic carbocycles. The van der Waals surface area contributed by atoms with Crippen LogP contribution in [0.15, 0.2) is 47.6 Å². The molecule has 0 saturated carbocycles. The summed E-state index contributed by atoms with van der Waals surface area (Å²) in [6.07, 6.45) is 0.357. The topological polar surface area (TPSA) is 82.1 Å². The first-order chi connectivity index (χ1) is 14.2. The van der Waals surface area contributed by atoms with E-state index >= 15 is 0 Å². The second kappa shape index (κ2) is 8.86. The maximum absolute atomic E-state index is 13.2. The molecular formula is C22H23FN4O3. The molecule has 0 saturated heterocycles. The van der Waals surface area contributed by atoms with Gasteiger partial charge < -0.3 is 10.2 Å². The molecule has 1 aliphatic rings. The lowest BCUT2D eigenvalue weighted by atomic mass is 10.1. The van der Waals surface area contributed by atoms with Crippen LogP contribution in [0.2, 0.25) is 0 Å². The van der Waals surface area contributed by atoms with Crippen LogP contribution in [0.25, 0.3) is 0 Å². The summed E-state index contributed by atoms with van der Waals surface area (Å²) in [7, 11) is 1.48. The fourth-order valence-corrected chi connectivity index (χ4v) is 3.12. The Hall–Kier alpha value is -3.55. The van der Waals surface area contributed by atoms with Gasteiger partial charge >= 0.3 is 0 Å². The largest absolute Gasteiger partial charge is 0.331 e. The van der Waals surface area contributed by atoms with Gasteiger partial charge in [0.2, 0.25) is 11.8 Å². The van der Waals surface area contributed by atoms with Crippen molar-refractivity contribution < 1.29 is 18.8 Å². The molecule has 3 rings (SSSR count). The molecule has 0 bridgehead atoms. The first-order valence-electron chi connectivity index (χ1n) is 9.53. The van der Waals surface area contributed by atoms with Crippen LogP contribution in [0, 0.1) is 19.7 Å². The molecule has 0 aliphatic carbocycles. The number of benzene rings is 2. The average Bonchev–Trinajstić information content (AvgIpc) is 2.69. The van der Waals surface area contributed by atoms with Gasteiger partial charge in [-0.2, -0.15) is 5.10 Å². The van der Waals surface area contributed by atoms with Crippen molar-refractivity contribution >= 4 is 34.8 Å². The summed E-state index contributed by atoms with van der Waals surface area (Å²) < 4.78 is 13.2. The molecule has 0 atom stereocenters. The van der Waals surface area contributed by atoms with Gasteiger partial charge in [-0.25, -0.2) is 9.40 Å². The Kier molecular flexibility index (Phi) is 6.25. The number of carbonyl (C=O) groups is 3. The van der Waals surface area contributed by atoms with Crippen molar-refractivity contribution in [3.63, 3.8) is 0 Å². The van der Waals surface area contributed by atoms with E-state index in [0.717, 1.165) is 11.1 Å². The minimum Gasteiger partial charge on any atom is -0.331 e. The molecular weight excluding hydrogens is 387 g/mol. The molecule has 1 N–H and O–H groups in total. The maximum Gasteiger partial charge on any atom is 0.270 e. The SMILES string of the molecule is Cc1ccc(C)c(N2N=C(C(=O)N(C)CC(=O)Nc3cccc(F)c3)CCC2=O)c1. The molecule has 0 unspecified atom stereocenters. The van der Waals surface area contributed by atoms with E-state index < -0.39 is 17.6 Å². The van der Waals surface area contributed by atoms with E-state index in [1.807, 2.05) is 32.0 Å². The zero-order valence-corrected chi connectivity index (χ0v) is 17.1. The highest BCUT2D eigenvalue weighted by Crippen LogP contribution is 2.25. The van der Waals surface area contributed by atoms with Crippen molar-refractivity contribution in [1.29, 1.82) is 0 Å². The molecule has 8 heteroatoms. The van der Waals surface area contributed by atoms with Crippen LogP contribution < -0.4 is 10.3 Å². The summed E-state index contributed by atoms with van der Waals surface area (Å²) in [5, 5.41) is 8.10. The van der Waals surface area contributed by atoms with Gasteiger partial charge in [0.25, 0.3) is 5.91 Å². The third-order valence-electron chi connectivity index (χ3n) is 4.71.